The van der Waals surface area contributed by atoms with Crippen LogP contribution in [0, 0.1) is 6.92 Å². The Bertz CT molecular complexity index is 866. The summed E-state index contributed by atoms with van der Waals surface area (Å²) >= 11 is 1.25. The van der Waals surface area contributed by atoms with Gasteiger partial charge in [-0.15, -0.1) is 11.8 Å². The van der Waals surface area contributed by atoms with Crippen molar-refractivity contribution < 1.29 is 24.0 Å². The molecule has 0 unspecified atom stereocenters. The third kappa shape index (κ3) is 6.30. The molecule has 2 aliphatic rings. The summed E-state index contributed by atoms with van der Waals surface area (Å²) in [5.74, 6) is -0.776. The fourth-order valence-electron chi connectivity index (χ4n) is 3.48. The summed E-state index contributed by atoms with van der Waals surface area (Å²) < 4.78 is 0. The van der Waals surface area contributed by atoms with Crippen LogP contribution in [0.15, 0.2) is 24.3 Å². The number of hydrogen-bond donors (Lipinski definition) is 1. The molecule has 1 N–H and O–H groups in total. The van der Waals surface area contributed by atoms with Crippen molar-refractivity contribution in [3.05, 3.63) is 29.8 Å². The summed E-state index contributed by atoms with van der Waals surface area (Å²) in [5, 5.41) is 2.81. The number of carbonyl (C=O) groups excluding carboxylic acids is 5. The SMILES string of the molecule is Cc1cccc(NC(=O)CSCC(=O)N2CCN(C(=O)CN3C(=O)CCC3=O)CC2)c1. The van der Waals surface area contributed by atoms with Gasteiger partial charge in [-0.25, -0.2) is 0 Å². The molecule has 31 heavy (non-hydrogen) atoms. The van der Waals surface area contributed by atoms with E-state index in [-0.39, 0.29) is 60.4 Å². The fraction of sp³-hybridized carbons (Fsp3) is 0.476. The lowest BCUT2D eigenvalue weighted by molar-refractivity contribution is -0.146. The second-order valence-electron chi connectivity index (χ2n) is 7.55. The molecular weight excluding hydrogens is 420 g/mol. The number of nitrogens with one attached hydrogen (secondary N) is 1. The summed E-state index contributed by atoms with van der Waals surface area (Å²) in [6.45, 7) is 3.23. The molecule has 9 nitrogen and oxygen atoms in total. The maximum absolute atomic E-state index is 12.4. The van der Waals surface area contributed by atoms with Gasteiger partial charge in [-0.3, -0.25) is 28.9 Å². The summed E-state index contributed by atoms with van der Waals surface area (Å²) in [4.78, 5) is 64.4. The molecule has 2 saturated heterocycles. The number of likely N-dealkylation sites (tertiary alicyclic amines) is 1. The first kappa shape index (κ1) is 22.8. The first-order valence-corrected chi connectivity index (χ1v) is 11.3. The van der Waals surface area contributed by atoms with Crippen molar-refractivity contribution in [2.75, 3.05) is 49.5 Å². The molecule has 1 aromatic carbocycles. The molecule has 0 aliphatic carbocycles. The molecule has 0 saturated carbocycles. The van der Waals surface area contributed by atoms with Crippen molar-refractivity contribution in [1.82, 2.24) is 14.7 Å². The van der Waals surface area contributed by atoms with Crippen molar-refractivity contribution in [1.29, 1.82) is 0 Å². The summed E-state index contributed by atoms with van der Waals surface area (Å²) in [6, 6.07) is 7.51. The number of rotatable bonds is 7. The predicted octanol–water partition coefficient (Wildman–Crippen LogP) is 0.487. The molecule has 0 spiro atoms. The minimum Gasteiger partial charge on any atom is -0.338 e. The lowest BCUT2D eigenvalue weighted by atomic mass is 10.2. The smallest absolute Gasteiger partial charge is 0.242 e. The quantitative estimate of drug-likeness (QED) is 0.611. The van der Waals surface area contributed by atoms with E-state index in [4.69, 9.17) is 0 Å². The maximum Gasteiger partial charge on any atom is 0.242 e. The molecule has 2 aliphatic heterocycles. The van der Waals surface area contributed by atoms with Gasteiger partial charge in [0.1, 0.15) is 6.54 Å². The number of carbonyl (C=O) groups is 5. The van der Waals surface area contributed by atoms with E-state index in [1.807, 2.05) is 31.2 Å². The van der Waals surface area contributed by atoms with Gasteiger partial charge in [0.15, 0.2) is 0 Å². The first-order chi connectivity index (χ1) is 14.8. The van der Waals surface area contributed by atoms with Crippen LogP contribution < -0.4 is 5.32 Å². The van der Waals surface area contributed by atoms with Crippen molar-refractivity contribution in [2.24, 2.45) is 0 Å². The number of hydrogen-bond acceptors (Lipinski definition) is 6. The molecule has 10 heteroatoms. The van der Waals surface area contributed by atoms with Gasteiger partial charge in [0.25, 0.3) is 0 Å². The molecule has 0 aromatic heterocycles. The number of piperazine rings is 1. The average molecular weight is 447 g/mol. The molecule has 3 rings (SSSR count). The molecule has 0 radical (unpaired) electrons. The fourth-order valence-corrected chi connectivity index (χ4v) is 4.20. The second kappa shape index (κ2) is 10.4. The Balaban J connectivity index is 1.35. The number of anilines is 1. The Kier molecular flexibility index (Phi) is 7.67. The summed E-state index contributed by atoms with van der Waals surface area (Å²) in [6.07, 6.45) is 0.324. The standard InChI is InChI=1S/C21H26N4O5S/c1-15-3-2-4-16(11-15)22-17(26)13-31-14-21(30)24-9-7-23(8-10-24)20(29)12-25-18(27)5-6-19(25)28/h2-4,11H,5-10,12-14H2,1H3,(H,22,26). The minimum absolute atomic E-state index is 0.0784. The van der Waals surface area contributed by atoms with Crippen LogP contribution in [0.2, 0.25) is 0 Å². The Hall–Kier alpha value is -2.88. The predicted molar refractivity (Wildman–Crippen MR) is 116 cm³/mol. The van der Waals surface area contributed by atoms with E-state index in [0.717, 1.165) is 16.2 Å². The van der Waals surface area contributed by atoms with E-state index in [9.17, 15) is 24.0 Å². The molecule has 166 valence electrons. The normalized spacial score (nSPS) is 16.6. The van der Waals surface area contributed by atoms with E-state index in [0.29, 0.717) is 26.2 Å². The van der Waals surface area contributed by atoms with Gasteiger partial charge in [-0.05, 0) is 24.6 Å². The summed E-state index contributed by atoms with van der Waals surface area (Å²) in [5.41, 5.74) is 1.78. The van der Waals surface area contributed by atoms with Gasteiger partial charge < -0.3 is 15.1 Å². The molecule has 2 fully saturated rings. The Labute approximate surface area is 185 Å². The zero-order valence-electron chi connectivity index (χ0n) is 17.5. The van der Waals surface area contributed by atoms with Crippen LogP contribution in [0.3, 0.4) is 0 Å². The van der Waals surface area contributed by atoms with Crippen LogP contribution in [0.4, 0.5) is 5.69 Å². The number of benzene rings is 1. The minimum atomic E-state index is -0.310. The molecule has 2 heterocycles. The topological polar surface area (TPSA) is 107 Å². The molecule has 5 amide bonds. The zero-order valence-corrected chi connectivity index (χ0v) is 18.3. The molecule has 1 aromatic rings. The third-order valence-electron chi connectivity index (χ3n) is 5.19. The monoisotopic (exact) mass is 446 g/mol. The van der Waals surface area contributed by atoms with Crippen molar-refractivity contribution in [2.45, 2.75) is 19.8 Å². The van der Waals surface area contributed by atoms with E-state index >= 15 is 0 Å². The van der Waals surface area contributed by atoms with Crippen LogP contribution in [0.5, 0.6) is 0 Å². The number of amides is 5. The lowest BCUT2D eigenvalue weighted by Crippen LogP contribution is -2.53. The van der Waals surface area contributed by atoms with Crippen LogP contribution in [0.1, 0.15) is 18.4 Å². The number of imide groups is 1. The Morgan fingerprint density at radius 3 is 2.16 bits per heavy atom. The van der Waals surface area contributed by atoms with Crippen LogP contribution in [-0.4, -0.2) is 88.5 Å². The van der Waals surface area contributed by atoms with Crippen molar-refractivity contribution >= 4 is 47.0 Å². The van der Waals surface area contributed by atoms with Gasteiger partial charge in [-0.1, -0.05) is 12.1 Å². The molecular formula is C21H26N4O5S. The Morgan fingerprint density at radius 1 is 0.935 bits per heavy atom. The average Bonchev–Trinajstić information content (AvgIpc) is 3.05. The largest absolute Gasteiger partial charge is 0.338 e. The highest BCUT2D eigenvalue weighted by Crippen LogP contribution is 2.14. The van der Waals surface area contributed by atoms with E-state index < -0.39 is 0 Å². The van der Waals surface area contributed by atoms with Gasteiger partial charge in [-0.2, -0.15) is 0 Å². The zero-order chi connectivity index (χ0) is 22.4. The van der Waals surface area contributed by atoms with Crippen LogP contribution in [-0.2, 0) is 24.0 Å². The number of nitrogens with zero attached hydrogens (tertiary/aromatic N) is 3. The highest BCUT2D eigenvalue weighted by Gasteiger charge is 2.33. The molecule has 0 bridgehead atoms. The maximum atomic E-state index is 12.4. The van der Waals surface area contributed by atoms with Crippen LogP contribution in [0.25, 0.3) is 0 Å². The lowest BCUT2D eigenvalue weighted by Gasteiger charge is -2.35. The highest BCUT2D eigenvalue weighted by molar-refractivity contribution is 8.00. The van der Waals surface area contributed by atoms with Crippen LogP contribution >= 0.6 is 11.8 Å². The van der Waals surface area contributed by atoms with Crippen molar-refractivity contribution in [3.8, 4) is 0 Å². The summed E-state index contributed by atoms with van der Waals surface area (Å²) in [7, 11) is 0. The van der Waals surface area contributed by atoms with E-state index in [1.165, 1.54) is 11.8 Å². The molecule has 0 atom stereocenters. The van der Waals surface area contributed by atoms with Gasteiger partial charge in [0, 0.05) is 44.7 Å². The van der Waals surface area contributed by atoms with E-state index in [1.54, 1.807) is 9.80 Å². The third-order valence-corrected chi connectivity index (χ3v) is 6.11. The Morgan fingerprint density at radius 2 is 1.55 bits per heavy atom. The van der Waals surface area contributed by atoms with Gasteiger partial charge >= 0.3 is 0 Å². The highest BCUT2D eigenvalue weighted by atomic mass is 32.2. The first-order valence-electron chi connectivity index (χ1n) is 10.2. The van der Waals surface area contributed by atoms with E-state index in [2.05, 4.69) is 5.32 Å². The van der Waals surface area contributed by atoms with Crippen molar-refractivity contribution in [3.63, 3.8) is 0 Å². The number of aryl methyl sites for hydroxylation is 1. The van der Waals surface area contributed by atoms with Gasteiger partial charge in [0.05, 0.1) is 11.5 Å². The second-order valence-corrected chi connectivity index (χ2v) is 8.53. The van der Waals surface area contributed by atoms with Gasteiger partial charge in [0.2, 0.25) is 29.5 Å². The number of thioether (sulfide) groups is 1.